The molecule has 0 aromatic heterocycles. The third kappa shape index (κ3) is 3.81. The lowest BCUT2D eigenvalue weighted by Crippen LogP contribution is -2.35. The molecule has 0 saturated heterocycles. The Labute approximate surface area is 109 Å². The van der Waals surface area contributed by atoms with Crippen molar-refractivity contribution in [2.24, 2.45) is 11.8 Å². The smallest absolute Gasteiger partial charge is 0.269 e. The van der Waals surface area contributed by atoms with Crippen LogP contribution in [0.2, 0.25) is 0 Å². The Bertz CT molecular complexity index is 405. The zero-order valence-corrected chi connectivity index (χ0v) is 11.5. The standard InChI is InChI=1S/C14H22N2O2/c1-10(2)14(11(3)15-4)9-12-6-5-7-13(8-12)16(17)18/h5-8,10-11,14-15H,9H2,1-4H3. The van der Waals surface area contributed by atoms with E-state index in [1.54, 1.807) is 12.1 Å². The van der Waals surface area contributed by atoms with E-state index in [9.17, 15) is 10.1 Å². The van der Waals surface area contributed by atoms with Gasteiger partial charge >= 0.3 is 0 Å². The Hall–Kier alpha value is -1.42. The largest absolute Gasteiger partial charge is 0.317 e. The van der Waals surface area contributed by atoms with E-state index in [1.165, 1.54) is 6.07 Å². The molecule has 2 atom stereocenters. The van der Waals surface area contributed by atoms with E-state index in [-0.39, 0.29) is 10.6 Å². The molecule has 0 spiro atoms. The molecular formula is C14H22N2O2. The second kappa shape index (κ2) is 6.50. The Morgan fingerprint density at radius 2 is 2.00 bits per heavy atom. The lowest BCUT2D eigenvalue weighted by Gasteiger charge is -2.27. The Morgan fingerprint density at radius 1 is 1.33 bits per heavy atom. The average Bonchev–Trinajstić information content (AvgIpc) is 2.35. The fourth-order valence-corrected chi connectivity index (χ4v) is 2.27. The van der Waals surface area contributed by atoms with Gasteiger partial charge in [-0.2, -0.15) is 0 Å². The van der Waals surface area contributed by atoms with Crippen LogP contribution in [0.3, 0.4) is 0 Å². The number of non-ortho nitro benzene ring substituents is 1. The van der Waals surface area contributed by atoms with Gasteiger partial charge < -0.3 is 5.32 Å². The van der Waals surface area contributed by atoms with E-state index >= 15 is 0 Å². The van der Waals surface area contributed by atoms with Gasteiger partial charge in [0.2, 0.25) is 0 Å². The van der Waals surface area contributed by atoms with Crippen LogP contribution in [0.4, 0.5) is 5.69 Å². The van der Waals surface area contributed by atoms with Crippen molar-refractivity contribution < 1.29 is 4.92 Å². The molecule has 1 aromatic rings. The fourth-order valence-electron chi connectivity index (χ4n) is 2.27. The Balaban J connectivity index is 2.87. The number of nitro benzene ring substituents is 1. The second-order valence-electron chi connectivity index (χ2n) is 5.12. The highest BCUT2D eigenvalue weighted by molar-refractivity contribution is 5.34. The Morgan fingerprint density at radius 3 is 2.50 bits per heavy atom. The first-order valence-electron chi connectivity index (χ1n) is 6.36. The van der Waals surface area contributed by atoms with E-state index in [4.69, 9.17) is 0 Å². The molecule has 4 nitrogen and oxygen atoms in total. The maximum Gasteiger partial charge on any atom is 0.269 e. The van der Waals surface area contributed by atoms with Crippen molar-refractivity contribution in [1.82, 2.24) is 5.32 Å². The summed E-state index contributed by atoms with van der Waals surface area (Å²) in [5, 5.41) is 14.0. The number of rotatable bonds is 6. The van der Waals surface area contributed by atoms with Crippen LogP contribution >= 0.6 is 0 Å². The summed E-state index contributed by atoms with van der Waals surface area (Å²) in [4.78, 5) is 10.4. The van der Waals surface area contributed by atoms with Crippen molar-refractivity contribution in [2.75, 3.05) is 7.05 Å². The monoisotopic (exact) mass is 250 g/mol. The highest BCUT2D eigenvalue weighted by Crippen LogP contribution is 2.23. The molecule has 18 heavy (non-hydrogen) atoms. The number of hydrogen-bond acceptors (Lipinski definition) is 3. The van der Waals surface area contributed by atoms with E-state index in [0.717, 1.165) is 12.0 Å². The number of nitro groups is 1. The average molecular weight is 250 g/mol. The zero-order valence-electron chi connectivity index (χ0n) is 11.5. The predicted molar refractivity (Wildman–Crippen MR) is 73.7 cm³/mol. The van der Waals surface area contributed by atoms with Gasteiger partial charge in [-0.25, -0.2) is 0 Å². The number of nitrogens with one attached hydrogen (secondary N) is 1. The third-order valence-corrected chi connectivity index (χ3v) is 3.55. The van der Waals surface area contributed by atoms with Crippen LogP contribution in [0.25, 0.3) is 0 Å². The maximum atomic E-state index is 10.8. The van der Waals surface area contributed by atoms with Crippen LogP contribution < -0.4 is 5.32 Å². The summed E-state index contributed by atoms with van der Waals surface area (Å²) in [6.07, 6.45) is 0.862. The van der Waals surface area contributed by atoms with Gasteiger partial charge in [-0.1, -0.05) is 26.0 Å². The van der Waals surface area contributed by atoms with Gasteiger partial charge in [-0.05, 0) is 37.8 Å². The van der Waals surface area contributed by atoms with Crippen LogP contribution in [0.15, 0.2) is 24.3 Å². The van der Waals surface area contributed by atoms with Crippen molar-refractivity contribution in [3.05, 3.63) is 39.9 Å². The van der Waals surface area contributed by atoms with Gasteiger partial charge in [0.05, 0.1) is 4.92 Å². The summed E-state index contributed by atoms with van der Waals surface area (Å²) >= 11 is 0. The second-order valence-corrected chi connectivity index (χ2v) is 5.12. The van der Waals surface area contributed by atoms with Gasteiger partial charge in [0.1, 0.15) is 0 Å². The van der Waals surface area contributed by atoms with Gasteiger partial charge in [0.15, 0.2) is 0 Å². The summed E-state index contributed by atoms with van der Waals surface area (Å²) in [5.41, 5.74) is 1.21. The lowest BCUT2D eigenvalue weighted by atomic mass is 9.84. The molecule has 0 aliphatic carbocycles. The molecule has 0 amide bonds. The molecule has 1 rings (SSSR count). The SMILES string of the molecule is CNC(C)C(Cc1cccc([N+](=O)[O-])c1)C(C)C. The van der Waals surface area contributed by atoms with Crippen LogP contribution in [-0.4, -0.2) is 18.0 Å². The predicted octanol–water partition coefficient (Wildman–Crippen LogP) is 3.02. The molecule has 0 saturated carbocycles. The van der Waals surface area contributed by atoms with E-state index < -0.39 is 0 Å². The van der Waals surface area contributed by atoms with E-state index in [1.807, 2.05) is 13.1 Å². The Kier molecular flexibility index (Phi) is 5.28. The normalized spacial score (nSPS) is 14.5. The molecule has 1 aromatic carbocycles. The van der Waals surface area contributed by atoms with Gasteiger partial charge in [-0.15, -0.1) is 0 Å². The molecule has 0 radical (unpaired) electrons. The van der Waals surface area contributed by atoms with Crippen molar-refractivity contribution in [1.29, 1.82) is 0 Å². The van der Waals surface area contributed by atoms with Crippen LogP contribution in [0.1, 0.15) is 26.3 Å². The first-order chi connectivity index (χ1) is 8.45. The summed E-state index contributed by atoms with van der Waals surface area (Å²) in [6.45, 7) is 6.54. The molecule has 100 valence electrons. The first-order valence-corrected chi connectivity index (χ1v) is 6.36. The minimum atomic E-state index is -0.338. The zero-order chi connectivity index (χ0) is 13.7. The van der Waals surface area contributed by atoms with Gasteiger partial charge in [0, 0.05) is 18.2 Å². The molecule has 0 heterocycles. The van der Waals surface area contributed by atoms with E-state index in [0.29, 0.717) is 17.9 Å². The molecule has 0 fully saturated rings. The van der Waals surface area contributed by atoms with Crippen molar-refractivity contribution in [2.45, 2.75) is 33.2 Å². The van der Waals surface area contributed by atoms with Crippen LogP contribution in [0.5, 0.6) is 0 Å². The summed E-state index contributed by atoms with van der Waals surface area (Å²) in [6, 6.07) is 7.33. The molecule has 0 aliphatic heterocycles. The number of nitrogens with zero attached hydrogens (tertiary/aromatic N) is 1. The van der Waals surface area contributed by atoms with Crippen molar-refractivity contribution in [3.63, 3.8) is 0 Å². The van der Waals surface area contributed by atoms with E-state index in [2.05, 4.69) is 26.1 Å². The van der Waals surface area contributed by atoms with Crippen molar-refractivity contribution in [3.8, 4) is 0 Å². The summed E-state index contributed by atoms with van der Waals surface area (Å²) in [5.74, 6) is 1.00. The van der Waals surface area contributed by atoms with Gasteiger partial charge in [0.25, 0.3) is 5.69 Å². The summed E-state index contributed by atoms with van der Waals surface area (Å²) in [7, 11) is 1.95. The summed E-state index contributed by atoms with van der Waals surface area (Å²) < 4.78 is 0. The number of benzene rings is 1. The third-order valence-electron chi connectivity index (χ3n) is 3.55. The van der Waals surface area contributed by atoms with Gasteiger partial charge in [-0.3, -0.25) is 10.1 Å². The fraction of sp³-hybridized carbons (Fsp3) is 0.571. The van der Waals surface area contributed by atoms with Crippen molar-refractivity contribution >= 4 is 5.69 Å². The topological polar surface area (TPSA) is 55.2 Å². The highest BCUT2D eigenvalue weighted by atomic mass is 16.6. The molecule has 0 aliphatic rings. The molecule has 1 N–H and O–H groups in total. The molecule has 2 unspecified atom stereocenters. The minimum Gasteiger partial charge on any atom is -0.317 e. The highest BCUT2D eigenvalue weighted by Gasteiger charge is 2.20. The lowest BCUT2D eigenvalue weighted by molar-refractivity contribution is -0.384. The molecular weight excluding hydrogens is 228 g/mol. The van der Waals surface area contributed by atoms with Crippen LogP contribution in [-0.2, 0) is 6.42 Å². The van der Waals surface area contributed by atoms with Crippen LogP contribution in [0, 0.1) is 22.0 Å². The quantitative estimate of drug-likeness (QED) is 0.623. The minimum absolute atomic E-state index is 0.173. The first kappa shape index (κ1) is 14.6. The molecule has 0 bridgehead atoms. The molecule has 4 heteroatoms. The number of hydrogen-bond donors (Lipinski definition) is 1. The maximum absolute atomic E-state index is 10.8.